The number of carbonyl (C=O) groups excluding carboxylic acids is 1. The van der Waals surface area contributed by atoms with Crippen molar-refractivity contribution in [3.8, 4) is 5.69 Å². The Morgan fingerprint density at radius 3 is 2.38 bits per heavy atom. The molecule has 6 heteroatoms. The number of anilines is 1. The summed E-state index contributed by atoms with van der Waals surface area (Å²) in [5.74, 6) is -0.760. The Hall–Kier alpha value is -2.50. The highest BCUT2D eigenvalue weighted by Crippen LogP contribution is 2.07. The predicted octanol–water partition coefficient (Wildman–Crippen LogP) is -0.153. The zero-order valence-electron chi connectivity index (χ0n) is 8.31. The van der Waals surface area contributed by atoms with Crippen molar-refractivity contribution in [2.24, 2.45) is 5.73 Å². The van der Waals surface area contributed by atoms with E-state index in [1.54, 1.807) is 24.3 Å². The lowest BCUT2D eigenvalue weighted by Gasteiger charge is -1.99. The smallest absolute Gasteiger partial charge is 0.295 e. The van der Waals surface area contributed by atoms with Crippen LogP contribution in [-0.2, 0) is 0 Å². The Bertz CT molecular complexity index is 583. The third-order valence-electron chi connectivity index (χ3n) is 2.19. The molecule has 6 nitrogen and oxygen atoms in total. The van der Waals surface area contributed by atoms with E-state index in [4.69, 9.17) is 11.5 Å². The van der Waals surface area contributed by atoms with E-state index >= 15 is 0 Å². The van der Waals surface area contributed by atoms with Gasteiger partial charge in [0.2, 0.25) is 0 Å². The number of amides is 1. The van der Waals surface area contributed by atoms with Crippen molar-refractivity contribution in [1.82, 2.24) is 9.78 Å². The van der Waals surface area contributed by atoms with Crippen molar-refractivity contribution in [1.29, 1.82) is 0 Å². The molecule has 1 aromatic heterocycles. The Balaban J connectivity index is 2.65. The second kappa shape index (κ2) is 3.58. The molecule has 16 heavy (non-hydrogen) atoms. The van der Waals surface area contributed by atoms with Crippen molar-refractivity contribution >= 4 is 11.6 Å². The number of H-pyrrole nitrogens is 1. The molecule has 2 aromatic rings. The first-order valence-corrected chi connectivity index (χ1v) is 4.57. The molecular weight excluding hydrogens is 208 g/mol. The zero-order chi connectivity index (χ0) is 11.7. The lowest BCUT2D eigenvalue weighted by molar-refractivity contribution is 0.0996. The molecule has 2 rings (SSSR count). The highest BCUT2D eigenvalue weighted by Gasteiger charge is 2.15. The number of hydrogen-bond donors (Lipinski definition) is 3. The minimum Gasteiger partial charge on any atom is -0.392 e. The van der Waals surface area contributed by atoms with Crippen LogP contribution in [0.5, 0.6) is 0 Å². The maximum absolute atomic E-state index is 11.7. The summed E-state index contributed by atoms with van der Waals surface area (Å²) in [6.45, 7) is 0. The number of para-hydroxylation sites is 1. The lowest BCUT2D eigenvalue weighted by Crippen LogP contribution is -2.16. The predicted molar refractivity (Wildman–Crippen MR) is 59.3 cm³/mol. The number of primary amides is 1. The first-order valence-electron chi connectivity index (χ1n) is 4.57. The second-order valence-corrected chi connectivity index (χ2v) is 3.24. The van der Waals surface area contributed by atoms with Crippen molar-refractivity contribution in [3.63, 3.8) is 0 Å². The summed E-state index contributed by atoms with van der Waals surface area (Å²) in [6, 6.07) is 8.77. The molecule has 0 radical (unpaired) electrons. The van der Waals surface area contributed by atoms with E-state index in [1.807, 2.05) is 6.07 Å². The molecule has 0 aliphatic rings. The van der Waals surface area contributed by atoms with Gasteiger partial charge in [-0.3, -0.25) is 14.7 Å². The van der Waals surface area contributed by atoms with E-state index < -0.39 is 11.5 Å². The summed E-state index contributed by atoms with van der Waals surface area (Å²) in [7, 11) is 0. The molecule has 0 atom stereocenters. The molecule has 1 aromatic carbocycles. The quantitative estimate of drug-likeness (QED) is 0.652. The molecule has 0 saturated heterocycles. The van der Waals surface area contributed by atoms with Crippen LogP contribution < -0.4 is 17.0 Å². The molecule has 0 fully saturated rings. The van der Waals surface area contributed by atoms with Crippen LogP contribution in [0, 0.1) is 0 Å². The van der Waals surface area contributed by atoms with E-state index in [9.17, 15) is 9.59 Å². The number of nitrogens with zero attached hydrogens (tertiary/aromatic N) is 1. The van der Waals surface area contributed by atoms with Gasteiger partial charge >= 0.3 is 0 Å². The van der Waals surface area contributed by atoms with Crippen LogP contribution in [0.25, 0.3) is 5.69 Å². The maximum Gasteiger partial charge on any atom is 0.295 e. The number of nitrogen functional groups attached to an aromatic ring is 1. The van der Waals surface area contributed by atoms with Crippen LogP contribution in [0.2, 0.25) is 0 Å². The van der Waals surface area contributed by atoms with Gasteiger partial charge in [-0.1, -0.05) is 18.2 Å². The number of benzene rings is 1. The monoisotopic (exact) mass is 218 g/mol. The van der Waals surface area contributed by atoms with Crippen LogP contribution in [0.3, 0.4) is 0 Å². The van der Waals surface area contributed by atoms with Gasteiger partial charge in [0, 0.05) is 0 Å². The van der Waals surface area contributed by atoms with Gasteiger partial charge in [-0.25, -0.2) is 4.68 Å². The fourth-order valence-electron chi connectivity index (χ4n) is 1.40. The van der Waals surface area contributed by atoms with Gasteiger partial charge in [0.05, 0.1) is 5.69 Å². The third-order valence-corrected chi connectivity index (χ3v) is 2.19. The summed E-state index contributed by atoms with van der Waals surface area (Å²) >= 11 is 0. The van der Waals surface area contributed by atoms with E-state index in [-0.39, 0.29) is 11.4 Å². The van der Waals surface area contributed by atoms with Gasteiger partial charge in [-0.2, -0.15) is 0 Å². The van der Waals surface area contributed by atoms with Gasteiger partial charge in [-0.15, -0.1) is 0 Å². The minimum atomic E-state index is -0.760. The average molecular weight is 218 g/mol. The highest BCUT2D eigenvalue weighted by atomic mass is 16.2. The van der Waals surface area contributed by atoms with Crippen molar-refractivity contribution < 1.29 is 4.79 Å². The molecule has 0 bridgehead atoms. The highest BCUT2D eigenvalue weighted by molar-refractivity contribution is 5.95. The first-order chi connectivity index (χ1) is 7.61. The van der Waals surface area contributed by atoms with Crippen LogP contribution in [0.15, 0.2) is 35.1 Å². The van der Waals surface area contributed by atoms with Crippen molar-refractivity contribution in [2.75, 3.05) is 5.73 Å². The second-order valence-electron chi connectivity index (χ2n) is 3.24. The molecule has 82 valence electrons. The van der Waals surface area contributed by atoms with Crippen LogP contribution in [0.4, 0.5) is 5.69 Å². The van der Waals surface area contributed by atoms with E-state index in [0.29, 0.717) is 5.69 Å². The molecule has 1 amide bonds. The standard InChI is InChI=1S/C10H10N4O2/c11-7-8(9(12)15)13-14(10(7)16)6-4-2-1-3-5-6/h1-5,13H,11H2,(H2,12,15). The number of nitrogens with one attached hydrogen (secondary N) is 1. The Kier molecular flexibility index (Phi) is 2.24. The van der Waals surface area contributed by atoms with Gasteiger partial charge in [-0.05, 0) is 12.1 Å². The summed E-state index contributed by atoms with van der Waals surface area (Å²) in [6.07, 6.45) is 0. The topological polar surface area (TPSA) is 107 Å². The third kappa shape index (κ3) is 1.46. The van der Waals surface area contributed by atoms with Crippen LogP contribution >= 0.6 is 0 Å². The van der Waals surface area contributed by atoms with Gasteiger partial charge < -0.3 is 11.5 Å². The minimum absolute atomic E-state index is 0.0751. The summed E-state index contributed by atoms with van der Waals surface area (Å²) < 4.78 is 1.18. The largest absolute Gasteiger partial charge is 0.392 e. The molecule has 5 N–H and O–H groups in total. The molecule has 0 aliphatic heterocycles. The molecule has 0 spiro atoms. The van der Waals surface area contributed by atoms with E-state index in [0.717, 1.165) is 0 Å². The molecule has 0 aliphatic carbocycles. The molecule has 1 heterocycles. The summed E-state index contributed by atoms with van der Waals surface area (Å²) in [4.78, 5) is 22.7. The number of rotatable bonds is 2. The number of nitrogens with two attached hydrogens (primary N) is 2. The fraction of sp³-hybridized carbons (Fsp3) is 0. The number of hydrogen-bond acceptors (Lipinski definition) is 3. The Morgan fingerprint density at radius 1 is 1.25 bits per heavy atom. The SMILES string of the molecule is NC(=O)c1[nH]n(-c2ccccc2)c(=O)c1N. The van der Waals surface area contributed by atoms with Crippen molar-refractivity contribution in [2.45, 2.75) is 0 Å². The number of aromatic nitrogens is 2. The molecule has 0 unspecified atom stereocenters. The Morgan fingerprint density at radius 2 is 1.88 bits per heavy atom. The van der Waals surface area contributed by atoms with Crippen LogP contribution in [-0.4, -0.2) is 15.7 Å². The van der Waals surface area contributed by atoms with E-state index in [2.05, 4.69) is 5.10 Å². The number of aromatic amines is 1. The molecule has 0 saturated carbocycles. The first kappa shape index (κ1) is 10.0. The van der Waals surface area contributed by atoms with Gasteiger partial charge in [0.25, 0.3) is 11.5 Å². The molecular formula is C10H10N4O2. The summed E-state index contributed by atoms with van der Waals surface area (Å²) in [5.41, 5.74) is 10.4. The summed E-state index contributed by atoms with van der Waals surface area (Å²) in [5, 5.41) is 2.57. The normalized spacial score (nSPS) is 10.2. The maximum atomic E-state index is 11.7. The van der Waals surface area contributed by atoms with Crippen molar-refractivity contribution in [3.05, 3.63) is 46.4 Å². The van der Waals surface area contributed by atoms with Gasteiger partial charge in [0.15, 0.2) is 0 Å². The fourth-order valence-corrected chi connectivity index (χ4v) is 1.40. The average Bonchev–Trinajstić information content (AvgIpc) is 2.58. The Labute approximate surface area is 90.5 Å². The van der Waals surface area contributed by atoms with Gasteiger partial charge in [0.1, 0.15) is 11.4 Å². The zero-order valence-corrected chi connectivity index (χ0v) is 8.31. The van der Waals surface area contributed by atoms with Crippen LogP contribution in [0.1, 0.15) is 10.5 Å². The number of carbonyl (C=O) groups is 1. The van der Waals surface area contributed by atoms with E-state index in [1.165, 1.54) is 4.68 Å². The lowest BCUT2D eigenvalue weighted by atomic mass is 10.3.